The lowest BCUT2D eigenvalue weighted by molar-refractivity contribution is 0.101. The first-order valence-electron chi connectivity index (χ1n) is 5.35. The van der Waals surface area contributed by atoms with Crippen molar-refractivity contribution in [2.75, 3.05) is 0 Å². The van der Waals surface area contributed by atoms with E-state index < -0.39 is 0 Å². The second kappa shape index (κ2) is 4.31. The highest BCUT2D eigenvalue weighted by molar-refractivity contribution is 6.00. The van der Waals surface area contributed by atoms with Crippen LogP contribution in [-0.4, -0.2) is 5.78 Å². The van der Waals surface area contributed by atoms with E-state index in [9.17, 15) is 4.79 Å². The lowest BCUT2D eigenvalue weighted by Gasteiger charge is -2.08. The first kappa shape index (κ1) is 10.6. The van der Waals surface area contributed by atoms with E-state index in [2.05, 4.69) is 6.07 Å². The summed E-state index contributed by atoms with van der Waals surface area (Å²) in [6.45, 7) is 3.65. The molecule has 0 amide bonds. The summed E-state index contributed by atoms with van der Waals surface area (Å²) in [5.74, 6) is 0.110. The minimum atomic E-state index is 0.110. The van der Waals surface area contributed by atoms with Gasteiger partial charge in [0.2, 0.25) is 0 Å². The van der Waals surface area contributed by atoms with Gasteiger partial charge < -0.3 is 0 Å². The molecular formula is C15H14O. The molecule has 0 fully saturated rings. The average molecular weight is 210 g/mol. The molecule has 0 aliphatic heterocycles. The standard InChI is InChI=1S/C15H14O/c1-11-8-9-14(12(2)16)15(10-11)13-6-4-3-5-7-13/h3-10H,1-2H3. The molecule has 0 unspecified atom stereocenters. The molecule has 0 aliphatic rings. The summed E-state index contributed by atoms with van der Waals surface area (Å²) in [4.78, 5) is 11.6. The first-order valence-corrected chi connectivity index (χ1v) is 5.35. The van der Waals surface area contributed by atoms with Crippen LogP contribution < -0.4 is 0 Å². The Kier molecular flexibility index (Phi) is 2.86. The zero-order valence-electron chi connectivity index (χ0n) is 9.53. The van der Waals surface area contributed by atoms with Gasteiger partial charge in [-0.1, -0.05) is 54.1 Å². The SMILES string of the molecule is CC(=O)c1ccc(C)cc1-c1ccccc1. The van der Waals surface area contributed by atoms with Crippen molar-refractivity contribution in [1.29, 1.82) is 0 Å². The highest BCUT2D eigenvalue weighted by Crippen LogP contribution is 2.25. The lowest BCUT2D eigenvalue weighted by atomic mass is 9.96. The van der Waals surface area contributed by atoms with Crippen LogP contribution in [0.3, 0.4) is 0 Å². The Morgan fingerprint density at radius 3 is 2.31 bits per heavy atom. The Hall–Kier alpha value is -1.89. The van der Waals surface area contributed by atoms with Crippen molar-refractivity contribution < 1.29 is 4.79 Å². The van der Waals surface area contributed by atoms with E-state index in [1.807, 2.05) is 49.4 Å². The molecule has 0 N–H and O–H groups in total. The monoisotopic (exact) mass is 210 g/mol. The molecule has 0 atom stereocenters. The third kappa shape index (κ3) is 2.03. The molecule has 0 heterocycles. The van der Waals surface area contributed by atoms with Crippen molar-refractivity contribution in [2.24, 2.45) is 0 Å². The van der Waals surface area contributed by atoms with E-state index in [0.717, 1.165) is 16.7 Å². The zero-order valence-corrected chi connectivity index (χ0v) is 9.53. The maximum atomic E-state index is 11.6. The molecule has 0 saturated heterocycles. The number of carbonyl (C=O) groups excluding carboxylic acids is 1. The largest absolute Gasteiger partial charge is 0.294 e. The van der Waals surface area contributed by atoms with Crippen LogP contribution >= 0.6 is 0 Å². The van der Waals surface area contributed by atoms with Crippen molar-refractivity contribution in [3.8, 4) is 11.1 Å². The molecule has 1 nitrogen and oxygen atoms in total. The van der Waals surface area contributed by atoms with Gasteiger partial charge in [-0.25, -0.2) is 0 Å². The molecule has 0 aromatic heterocycles. The van der Waals surface area contributed by atoms with Crippen molar-refractivity contribution in [2.45, 2.75) is 13.8 Å². The Labute approximate surface area is 95.7 Å². The highest BCUT2D eigenvalue weighted by Gasteiger charge is 2.08. The van der Waals surface area contributed by atoms with Gasteiger partial charge in [0.1, 0.15) is 0 Å². The fourth-order valence-corrected chi connectivity index (χ4v) is 1.82. The number of hydrogen-bond donors (Lipinski definition) is 0. The molecule has 0 saturated carbocycles. The molecule has 2 rings (SSSR count). The normalized spacial score (nSPS) is 10.1. The van der Waals surface area contributed by atoms with Crippen LogP contribution in [-0.2, 0) is 0 Å². The number of rotatable bonds is 2. The van der Waals surface area contributed by atoms with Gasteiger partial charge in [-0.05, 0) is 25.0 Å². The van der Waals surface area contributed by atoms with Crippen LogP contribution in [0.4, 0.5) is 0 Å². The van der Waals surface area contributed by atoms with Crippen molar-refractivity contribution in [3.63, 3.8) is 0 Å². The van der Waals surface area contributed by atoms with E-state index in [1.165, 1.54) is 5.56 Å². The predicted octanol–water partition coefficient (Wildman–Crippen LogP) is 3.86. The van der Waals surface area contributed by atoms with Gasteiger partial charge in [-0.2, -0.15) is 0 Å². The third-order valence-corrected chi connectivity index (χ3v) is 2.64. The van der Waals surface area contributed by atoms with Crippen LogP contribution in [0.15, 0.2) is 48.5 Å². The van der Waals surface area contributed by atoms with E-state index in [1.54, 1.807) is 6.92 Å². The van der Waals surface area contributed by atoms with Gasteiger partial charge in [0, 0.05) is 5.56 Å². The number of carbonyl (C=O) groups is 1. The molecule has 1 heteroatoms. The summed E-state index contributed by atoms with van der Waals surface area (Å²) >= 11 is 0. The van der Waals surface area contributed by atoms with Crippen LogP contribution in [0.1, 0.15) is 22.8 Å². The van der Waals surface area contributed by atoms with Crippen LogP contribution in [0.2, 0.25) is 0 Å². The minimum absolute atomic E-state index is 0.110. The summed E-state index contributed by atoms with van der Waals surface area (Å²) in [6, 6.07) is 16.0. The average Bonchev–Trinajstić information content (AvgIpc) is 2.29. The lowest BCUT2D eigenvalue weighted by Crippen LogP contribution is -1.96. The van der Waals surface area contributed by atoms with E-state index in [4.69, 9.17) is 0 Å². The summed E-state index contributed by atoms with van der Waals surface area (Å²) in [5, 5.41) is 0. The first-order chi connectivity index (χ1) is 7.68. The number of ketones is 1. The van der Waals surface area contributed by atoms with Gasteiger partial charge >= 0.3 is 0 Å². The minimum Gasteiger partial charge on any atom is -0.294 e. The topological polar surface area (TPSA) is 17.1 Å². The molecule has 2 aromatic carbocycles. The fourth-order valence-electron chi connectivity index (χ4n) is 1.82. The number of benzene rings is 2. The zero-order chi connectivity index (χ0) is 11.5. The maximum Gasteiger partial charge on any atom is 0.160 e. The molecule has 0 aliphatic carbocycles. The Morgan fingerprint density at radius 1 is 1.00 bits per heavy atom. The number of Topliss-reactive ketones (excluding diaryl/α,β-unsaturated/α-hetero) is 1. The molecule has 80 valence electrons. The van der Waals surface area contributed by atoms with Gasteiger partial charge in [0.05, 0.1) is 0 Å². The highest BCUT2D eigenvalue weighted by atomic mass is 16.1. The van der Waals surface area contributed by atoms with Gasteiger partial charge in [0.15, 0.2) is 5.78 Å². The molecule has 0 spiro atoms. The van der Waals surface area contributed by atoms with E-state index >= 15 is 0 Å². The summed E-state index contributed by atoms with van der Waals surface area (Å²) in [6.07, 6.45) is 0. The Morgan fingerprint density at radius 2 is 1.69 bits per heavy atom. The second-order valence-corrected chi connectivity index (χ2v) is 3.97. The molecular weight excluding hydrogens is 196 g/mol. The van der Waals surface area contributed by atoms with Crippen LogP contribution in [0.25, 0.3) is 11.1 Å². The molecule has 2 aromatic rings. The van der Waals surface area contributed by atoms with Gasteiger partial charge in [-0.3, -0.25) is 4.79 Å². The van der Waals surface area contributed by atoms with Crippen LogP contribution in [0.5, 0.6) is 0 Å². The predicted molar refractivity (Wildman–Crippen MR) is 66.6 cm³/mol. The van der Waals surface area contributed by atoms with Gasteiger partial charge in [-0.15, -0.1) is 0 Å². The number of aryl methyl sites for hydroxylation is 1. The van der Waals surface area contributed by atoms with E-state index in [-0.39, 0.29) is 5.78 Å². The Bertz CT molecular complexity index is 512. The quantitative estimate of drug-likeness (QED) is 0.688. The summed E-state index contributed by atoms with van der Waals surface area (Å²) in [7, 11) is 0. The molecule has 0 radical (unpaired) electrons. The fraction of sp³-hybridized carbons (Fsp3) is 0.133. The maximum absolute atomic E-state index is 11.6. The second-order valence-electron chi connectivity index (χ2n) is 3.97. The Balaban J connectivity index is 2.63. The van der Waals surface area contributed by atoms with Crippen LogP contribution in [0, 0.1) is 6.92 Å². The number of hydrogen-bond acceptors (Lipinski definition) is 1. The molecule has 16 heavy (non-hydrogen) atoms. The van der Waals surface area contributed by atoms with Gasteiger partial charge in [0.25, 0.3) is 0 Å². The van der Waals surface area contributed by atoms with Crippen molar-refractivity contribution >= 4 is 5.78 Å². The van der Waals surface area contributed by atoms with Crippen molar-refractivity contribution in [3.05, 3.63) is 59.7 Å². The van der Waals surface area contributed by atoms with Crippen molar-refractivity contribution in [1.82, 2.24) is 0 Å². The van der Waals surface area contributed by atoms with E-state index in [0.29, 0.717) is 0 Å². The third-order valence-electron chi connectivity index (χ3n) is 2.64. The molecule has 0 bridgehead atoms. The smallest absolute Gasteiger partial charge is 0.160 e. The summed E-state index contributed by atoms with van der Waals surface area (Å²) < 4.78 is 0. The summed E-state index contributed by atoms with van der Waals surface area (Å²) in [5.41, 5.74) is 4.07.